The number of hydrogen-bond acceptors (Lipinski definition) is 5. The van der Waals surface area contributed by atoms with Gasteiger partial charge >= 0.3 is 0 Å². The highest BCUT2D eigenvalue weighted by Gasteiger charge is 2.22. The molecular formula is C23H28ClN3O2S. The smallest absolute Gasteiger partial charge is 0.260 e. The summed E-state index contributed by atoms with van der Waals surface area (Å²) in [5.41, 5.74) is 1.34. The van der Waals surface area contributed by atoms with Crippen molar-refractivity contribution in [3.63, 3.8) is 0 Å². The fraction of sp³-hybridized carbons (Fsp3) is 0.391. The number of rotatable bonds is 9. The summed E-state index contributed by atoms with van der Waals surface area (Å²) < 4.78 is 6.67. The van der Waals surface area contributed by atoms with Crippen molar-refractivity contribution in [2.24, 2.45) is 0 Å². The van der Waals surface area contributed by atoms with Gasteiger partial charge in [0.15, 0.2) is 5.13 Å². The van der Waals surface area contributed by atoms with E-state index >= 15 is 0 Å². The second-order valence-electron chi connectivity index (χ2n) is 7.26. The molecule has 3 aromatic rings. The summed E-state index contributed by atoms with van der Waals surface area (Å²) in [4.78, 5) is 22.2. The summed E-state index contributed by atoms with van der Waals surface area (Å²) in [7, 11) is 0. The number of ether oxygens (including phenoxy) is 1. The number of likely N-dealkylation sites (N-methyl/N-ethyl adjacent to an activating group) is 1. The van der Waals surface area contributed by atoms with Gasteiger partial charge in [-0.3, -0.25) is 9.69 Å². The van der Waals surface area contributed by atoms with Crippen molar-refractivity contribution in [2.45, 2.75) is 33.8 Å². The molecule has 1 heterocycles. The molecule has 0 radical (unpaired) electrons. The van der Waals surface area contributed by atoms with Crippen LogP contribution in [-0.4, -0.2) is 48.1 Å². The molecule has 0 aliphatic rings. The van der Waals surface area contributed by atoms with Gasteiger partial charge in [0.05, 0.1) is 15.8 Å². The van der Waals surface area contributed by atoms with E-state index in [0.29, 0.717) is 22.3 Å². The number of fused-ring (bicyclic) bond motifs is 1. The van der Waals surface area contributed by atoms with Crippen LogP contribution in [0.1, 0.15) is 38.1 Å². The van der Waals surface area contributed by atoms with Crippen LogP contribution in [0.2, 0.25) is 5.02 Å². The molecule has 30 heavy (non-hydrogen) atoms. The van der Waals surface area contributed by atoms with Crippen LogP contribution in [0, 0.1) is 0 Å². The first-order chi connectivity index (χ1) is 14.4. The molecule has 3 rings (SSSR count). The highest BCUT2D eigenvalue weighted by molar-refractivity contribution is 7.22. The Labute approximate surface area is 187 Å². The summed E-state index contributed by atoms with van der Waals surface area (Å²) in [6, 6.07) is 13.0. The van der Waals surface area contributed by atoms with Crippen molar-refractivity contribution in [2.75, 3.05) is 31.1 Å². The number of thiazole rings is 1. The van der Waals surface area contributed by atoms with Crippen molar-refractivity contribution in [1.29, 1.82) is 0 Å². The monoisotopic (exact) mass is 445 g/mol. The molecule has 160 valence electrons. The van der Waals surface area contributed by atoms with Crippen LogP contribution in [0.25, 0.3) is 10.2 Å². The van der Waals surface area contributed by atoms with E-state index in [1.165, 1.54) is 11.3 Å². The minimum Gasteiger partial charge on any atom is -0.491 e. The van der Waals surface area contributed by atoms with Crippen molar-refractivity contribution in [3.05, 3.63) is 53.1 Å². The van der Waals surface area contributed by atoms with Gasteiger partial charge in [0.25, 0.3) is 5.91 Å². The van der Waals surface area contributed by atoms with Crippen molar-refractivity contribution in [1.82, 2.24) is 9.88 Å². The van der Waals surface area contributed by atoms with Gasteiger partial charge in [0.1, 0.15) is 11.3 Å². The summed E-state index contributed by atoms with van der Waals surface area (Å²) >= 11 is 7.81. The first kappa shape index (κ1) is 22.5. The van der Waals surface area contributed by atoms with Gasteiger partial charge in [-0.2, -0.15) is 0 Å². The first-order valence-corrected chi connectivity index (χ1v) is 11.5. The molecule has 5 nitrogen and oxygen atoms in total. The average molecular weight is 446 g/mol. The second-order valence-corrected chi connectivity index (χ2v) is 8.67. The molecule has 0 unspecified atom stereocenters. The Hall–Kier alpha value is -2.15. The number of benzene rings is 2. The number of carbonyl (C=O) groups is 1. The van der Waals surface area contributed by atoms with Crippen molar-refractivity contribution < 1.29 is 9.53 Å². The summed E-state index contributed by atoms with van der Waals surface area (Å²) in [5, 5.41) is 1.26. The molecule has 0 fully saturated rings. The lowest BCUT2D eigenvalue weighted by atomic mass is 10.2. The molecule has 0 aliphatic heterocycles. The van der Waals surface area contributed by atoms with Crippen LogP contribution in [0.3, 0.4) is 0 Å². The predicted octanol–water partition coefficient (Wildman–Crippen LogP) is 5.73. The van der Waals surface area contributed by atoms with E-state index in [4.69, 9.17) is 21.3 Å². The number of carbonyl (C=O) groups excluding carboxylic acids is 1. The highest BCUT2D eigenvalue weighted by atomic mass is 35.5. The van der Waals surface area contributed by atoms with Gasteiger partial charge in [-0.1, -0.05) is 42.9 Å². The normalized spacial score (nSPS) is 11.4. The Morgan fingerprint density at radius 1 is 1.10 bits per heavy atom. The van der Waals surface area contributed by atoms with E-state index in [1.54, 1.807) is 4.90 Å². The summed E-state index contributed by atoms with van der Waals surface area (Å²) in [5.74, 6) is 0.677. The molecule has 2 aromatic carbocycles. The van der Waals surface area contributed by atoms with E-state index in [0.717, 1.165) is 35.6 Å². The Morgan fingerprint density at radius 2 is 1.80 bits per heavy atom. The fourth-order valence-corrected chi connectivity index (χ4v) is 4.48. The van der Waals surface area contributed by atoms with Gasteiger partial charge in [-0.25, -0.2) is 4.98 Å². The Balaban J connectivity index is 1.91. The fourth-order valence-electron chi connectivity index (χ4n) is 3.19. The second kappa shape index (κ2) is 10.2. The van der Waals surface area contributed by atoms with Crippen molar-refractivity contribution >= 4 is 44.2 Å². The molecule has 1 aromatic heterocycles. The van der Waals surface area contributed by atoms with Crippen LogP contribution < -0.4 is 9.64 Å². The van der Waals surface area contributed by atoms with Gasteiger partial charge < -0.3 is 9.64 Å². The minimum atomic E-state index is -0.0755. The number of hydrogen-bond donors (Lipinski definition) is 0. The standard InChI is InChI=1S/C23H28ClN3O2S/c1-5-26(6-2)14-15-27(23-25-21-19(24)8-7-9-20(21)30-23)22(28)17-10-12-18(13-11-17)29-16(3)4/h7-13,16H,5-6,14-15H2,1-4H3. The number of nitrogens with zero attached hydrogens (tertiary/aromatic N) is 3. The molecule has 0 N–H and O–H groups in total. The third-order valence-corrected chi connectivity index (χ3v) is 6.19. The van der Waals surface area contributed by atoms with Crippen LogP contribution >= 0.6 is 22.9 Å². The third-order valence-electron chi connectivity index (χ3n) is 4.84. The molecule has 0 atom stereocenters. The Bertz CT molecular complexity index is 984. The molecular weight excluding hydrogens is 418 g/mol. The van der Waals surface area contributed by atoms with Gasteiger partial charge in [0.2, 0.25) is 0 Å². The lowest BCUT2D eigenvalue weighted by molar-refractivity contribution is 0.0983. The molecule has 0 bridgehead atoms. The number of amides is 1. The molecule has 7 heteroatoms. The SMILES string of the molecule is CCN(CC)CCN(C(=O)c1ccc(OC(C)C)cc1)c1nc2c(Cl)cccc2s1. The van der Waals surface area contributed by atoms with Crippen molar-refractivity contribution in [3.8, 4) is 5.75 Å². The number of halogens is 1. The van der Waals surface area contributed by atoms with E-state index in [2.05, 4.69) is 18.7 Å². The zero-order valence-corrected chi connectivity index (χ0v) is 19.5. The molecule has 0 aliphatic carbocycles. The Kier molecular flexibility index (Phi) is 7.69. The Morgan fingerprint density at radius 3 is 2.40 bits per heavy atom. The molecule has 0 spiro atoms. The number of anilines is 1. The maximum absolute atomic E-state index is 13.4. The van der Waals surface area contributed by atoms with Crippen LogP contribution in [0.15, 0.2) is 42.5 Å². The summed E-state index contributed by atoms with van der Waals surface area (Å²) in [6.07, 6.45) is 0.0876. The van der Waals surface area contributed by atoms with Gasteiger partial charge in [0, 0.05) is 18.7 Å². The van der Waals surface area contributed by atoms with Crippen LogP contribution in [0.4, 0.5) is 5.13 Å². The first-order valence-electron chi connectivity index (χ1n) is 10.3. The lowest BCUT2D eigenvalue weighted by Crippen LogP contribution is -2.38. The van der Waals surface area contributed by atoms with E-state index in [9.17, 15) is 4.79 Å². The van der Waals surface area contributed by atoms with E-state index in [-0.39, 0.29) is 12.0 Å². The quantitative estimate of drug-likeness (QED) is 0.422. The minimum absolute atomic E-state index is 0.0755. The predicted molar refractivity (Wildman–Crippen MR) is 126 cm³/mol. The zero-order chi connectivity index (χ0) is 21.7. The number of para-hydroxylation sites is 1. The average Bonchev–Trinajstić information content (AvgIpc) is 3.16. The molecule has 0 saturated carbocycles. The molecule has 1 amide bonds. The van der Waals surface area contributed by atoms with Crippen LogP contribution in [-0.2, 0) is 0 Å². The van der Waals surface area contributed by atoms with E-state index < -0.39 is 0 Å². The van der Waals surface area contributed by atoms with Gasteiger partial charge in [-0.15, -0.1) is 0 Å². The van der Waals surface area contributed by atoms with Crippen LogP contribution in [0.5, 0.6) is 5.75 Å². The van der Waals surface area contributed by atoms with Gasteiger partial charge in [-0.05, 0) is 63.3 Å². The lowest BCUT2D eigenvalue weighted by Gasteiger charge is -2.24. The number of aromatic nitrogens is 1. The van der Waals surface area contributed by atoms with E-state index in [1.807, 2.05) is 56.3 Å². The maximum Gasteiger partial charge on any atom is 0.260 e. The highest BCUT2D eigenvalue weighted by Crippen LogP contribution is 2.33. The zero-order valence-electron chi connectivity index (χ0n) is 17.9. The maximum atomic E-state index is 13.4. The topological polar surface area (TPSA) is 45.7 Å². The largest absolute Gasteiger partial charge is 0.491 e. The third kappa shape index (κ3) is 5.31. The summed E-state index contributed by atoms with van der Waals surface area (Å²) in [6.45, 7) is 11.4. The molecule has 0 saturated heterocycles.